The van der Waals surface area contributed by atoms with Crippen LogP contribution < -0.4 is 20.4 Å². The predicted molar refractivity (Wildman–Crippen MR) is 104 cm³/mol. The minimum Gasteiger partial charge on any atom is -0.493 e. The average molecular weight is 397 g/mol. The number of fused-ring (bicyclic) bond motifs is 1. The second kappa shape index (κ2) is 8.47. The van der Waals surface area contributed by atoms with Gasteiger partial charge in [0.1, 0.15) is 11.1 Å². The van der Waals surface area contributed by atoms with Crippen LogP contribution in [-0.4, -0.2) is 31.2 Å². The molecule has 2 N–H and O–H groups in total. The van der Waals surface area contributed by atoms with Crippen LogP contribution in [-0.2, 0) is 4.79 Å². The Morgan fingerprint density at radius 2 is 1.79 bits per heavy atom. The first-order valence-corrected chi connectivity index (χ1v) is 8.70. The largest absolute Gasteiger partial charge is 0.493 e. The number of benzene rings is 2. The van der Waals surface area contributed by atoms with Gasteiger partial charge in [-0.05, 0) is 29.8 Å². The highest BCUT2D eigenvalue weighted by Gasteiger charge is 2.22. The molecule has 3 rings (SSSR count). The van der Waals surface area contributed by atoms with Gasteiger partial charge in [0.05, 0.1) is 26.7 Å². The van der Waals surface area contributed by atoms with E-state index in [-0.39, 0.29) is 12.0 Å². The molecule has 29 heavy (non-hydrogen) atoms. The Morgan fingerprint density at radius 3 is 2.48 bits per heavy atom. The number of carboxylic acid groups (broad SMARTS) is 1. The van der Waals surface area contributed by atoms with Crippen LogP contribution in [0.5, 0.6) is 11.5 Å². The number of carbonyl (C=O) groups is 2. The van der Waals surface area contributed by atoms with Crippen molar-refractivity contribution in [2.24, 2.45) is 0 Å². The molecular weight excluding hydrogens is 378 g/mol. The number of hydrogen-bond acceptors (Lipinski definition) is 6. The van der Waals surface area contributed by atoms with E-state index in [9.17, 15) is 19.5 Å². The second-order valence-electron chi connectivity index (χ2n) is 6.22. The maximum absolute atomic E-state index is 12.7. The van der Waals surface area contributed by atoms with Crippen LogP contribution in [0.3, 0.4) is 0 Å². The molecule has 150 valence electrons. The molecule has 0 spiro atoms. The molecule has 0 unspecified atom stereocenters. The molecule has 1 aromatic heterocycles. The standard InChI is InChI=1S/C21H19NO7/c1-27-17-8-7-12(10-18(17)28-2)15(11-19(23)24)22-20(25)14-9-13-5-3-4-6-16(13)29-21(14)26/h3-10,15H,11H2,1-2H3,(H,22,25)(H,23,24)/t15-/m1/s1. The van der Waals surface area contributed by atoms with Gasteiger partial charge in [-0.25, -0.2) is 4.79 Å². The normalized spacial score (nSPS) is 11.7. The summed E-state index contributed by atoms with van der Waals surface area (Å²) >= 11 is 0. The molecule has 0 aliphatic carbocycles. The zero-order chi connectivity index (χ0) is 21.0. The summed E-state index contributed by atoms with van der Waals surface area (Å²) in [5.41, 5.74) is -0.165. The molecule has 0 bridgehead atoms. The average Bonchev–Trinajstić information content (AvgIpc) is 2.71. The van der Waals surface area contributed by atoms with E-state index in [2.05, 4.69) is 5.32 Å². The third kappa shape index (κ3) is 4.37. The van der Waals surface area contributed by atoms with Crippen molar-refractivity contribution in [1.82, 2.24) is 5.32 Å². The summed E-state index contributed by atoms with van der Waals surface area (Å²) in [7, 11) is 2.93. The van der Waals surface area contributed by atoms with Crippen LogP contribution in [0.2, 0.25) is 0 Å². The lowest BCUT2D eigenvalue weighted by atomic mass is 10.0. The molecule has 0 aliphatic heterocycles. The molecule has 2 aromatic carbocycles. The number of aliphatic carboxylic acids is 1. The minimum absolute atomic E-state index is 0.209. The summed E-state index contributed by atoms with van der Waals surface area (Å²) in [5, 5.41) is 12.4. The van der Waals surface area contributed by atoms with Crippen LogP contribution >= 0.6 is 0 Å². The van der Waals surface area contributed by atoms with Gasteiger partial charge < -0.3 is 24.3 Å². The number of methoxy groups -OCH3 is 2. The summed E-state index contributed by atoms with van der Waals surface area (Å²) in [6, 6.07) is 12.1. The highest BCUT2D eigenvalue weighted by Crippen LogP contribution is 2.31. The van der Waals surface area contributed by atoms with E-state index in [1.165, 1.54) is 20.3 Å². The van der Waals surface area contributed by atoms with Crippen molar-refractivity contribution in [1.29, 1.82) is 0 Å². The van der Waals surface area contributed by atoms with Crippen molar-refractivity contribution < 1.29 is 28.6 Å². The number of rotatable bonds is 7. The molecule has 8 heteroatoms. The van der Waals surface area contributed by atoms with Crippen molar-refractivity contribution in [2.45, 2.75) is 12.5 Å². The highest BCUT2D eigenvalue weighted by atomic mass is 16.5. The first-order chi connectivity index (χ1) is 13.9. The first-order valence-electron chi connectivity index (χ1n) is 8.70. The first kappa shape index (κ1) is 19.9. The molecule has 3 aromatic rings. The molecule has 0 radical (unpaired) electrons. The lowest BCUT2D eigenvalue weighted by molar-refractivity contribution is -0.137. The van der Waals surface area contributed by atoms with Crippen molar-refractivity contribution in [3.63, 3.8) is 0 Å². The van der Waals surface area contributed by atoms with Gasteiger partial charge in [-0.2, -0.15) is 0 Å². The van der Waals surface area contributed by atoms with Crippen molar-refractivity contribution in [3.05, 3.63) is 70.1 Å². The zero-order valence-corrected chi connectivity index (χ0v) is 15.8. The van der Waals surface area contributed by atoms with E-state index >= 15 is 0 Å². The van der Waals surface area contributed by atoms with Crippen LogP contribution in [0.4, 0.5) is 0 Å². The van der Waals surface area contributed by atoms with Crippen LogP contribution in [0.25, 0.3) is 11.0 Å². The molecule has 8 nitrogen and oxygen atoms in total. The van der Waals surface area contributed by atoms with Gasteiger partial charge in [-0.15, -0.1) is 0 Å². The summed E-state index contributed by atoms with van der Waals surface area (Å²) in [5.74, 6) is -0.993. The molecule has 1 heterocycles. The van der Waals surface area contributed by atoms with Gasteiger partial charge in [0.2, 0.25) is 0 Å². The van der Waals surface area contributed by atoms with Gasteiger partial charge in [-0.1, -0.05) is 24.3 Å². The van der Waals surface area contributed by atoms with Gasteiger partial charge >= 0.3 is 11.6 Å². The Balaban J connectivity index is 1.95. The minimum atomic E-state index is -1.12. The number of amides is 1. The maximum atomic E-state index is 12.7. The Bertz CT molecular complexity index is 1120. The Labute approximate surface area is 165 Å². The van der Waals surface area contributed by atoms with E-state index in [1.54, 1.807) is 42.5 Å². The quantitative estimate of drug-likeness (QED) is 0.589. The summed E-state index contributed by atoms with van der Waals surface area (Å²) in [4.78, 5) is 36.3. The van der Waals surface area contributed by atoms with Crippen LogP contribution in [0.1, 0.15) is 28.4 Å². The summed E-state index contributed by atoms with van der Waals surface area (Å²) in [6.45, 7) is 0. The highest BCUT2D eigenvalue weighted by molar-refractivity contribution is 5.97. The fraction of sp³-hybridized carbons (Fsp3) is 0.190. The van der Waals surface area contributed by atoms with E-state index < -0.39 is 23.5 Å². The fourth-order valence-corrected chi connectivity index (χ4v) is 2.95. The SMILES string of the molecule is COc1ccc([C@@H](CC(=O)O)NC(=O)c2cc3ccccc3oc2=O)cc1OC. The second-order valence-corrected chi connectivity index (χ2v) is 6.22. The predicted octanol–water partition coefficient (Wildman–Crippen LogP) is 2.76. The Hall–Kier alpha value is -3.81. The molecule has 0 aliphatic rings. The molecular formula is C21H19NO7. The van der Waals surface area contributed by atoms with Crippen molar-refractivity contribution in [2.75, 3.05) is 14.2 Å². The number of nitrogens with one attached hydrogen (secondary N) is 1. The van der Waals surface area contributed by atoms with E-state index in [0.29, 0.717) is 28.0 Å². The third-order valence-electron chi connectivity index (χ3n) is 4.38. The van der Waals surface area contributed by atoms with Gasteiger partial charge in [0.15, 0.2) is 11.5 Å². The van der Waals surface area contributed by atoms with Gasteiger partial charge in [-0.3, -0.25) is 9.59 Å². The van der Waals surface area contributed by atoms with Gasteiger partial charge in [0, 0.05) is 5.39 Å². The number of hydrogen-bond donors (Lipinski definition) is 2. The fourth-order valence-electron chi connectivity index (χ4n) is 2.95. The Kier molecular flexibility index (Phi) is 5.82. The van der Waals surface area contributed by atoms with Crippen molar-refractivity contribution >= 4 is 22.8 Å². The third-order valence-corrected chi connectivity index (χ3v) is 4.38. The topological polar surface area (TPSA) is 115 Å². The lowest BCUT2D eigenvalue weighted by Crippen LogP contribution is -2.33. The van der Waals surface area contributed by atoms with E-state index in [1.807, 2.05) is 0 Å². The number of carboxylic acids is 1. The summed E-state index contributed by atoms with van der Waals surface area (Å²) < 4.78 is 15.6. The zero-order valence-electron chi connectivity index (χ0n) is 15.8. The number of para-hydroxylation sites is 1. The molecule has 0 saturated heterocycles. The number of ether oxygens (including phenoxy) is 2. The van der Waals surface area contributed by atoms with Gasteiger partial charge in [0.25, 0.3) is 5.91 Å². The molecule has 0 saturated carbocycles. The number of carbonyl (C=O) groups excluding carboxylic acids is 1. The molecule has 0 fully saturated rings. The van der Waals surface area contributed by atoms with E-state index in [4.69, 9.17) is 13.9 Å². The van der Waals surface area contributed by atoms with Crippen LogP contribution in [0.15, 0.2) is 57.7 Å². The Morgan fingerprint density at radius 1 is 1.07 bits per heavy atom. The molecule has 1 atom stereocenters. The maximum Gasteiger partial charge on any atom is 0.349 e. The van der Waals surface area contributed by atoms with Crippen LogP contribution in [0, 0.1) is 0 Å². The smallest absolute Gasteiger partial charge is 0.349 e. The summed E-state index contributed by atoms with van der Waals surface area (Å²) in [6.07, 6.45) is -0.389. The lowest BCUT2D eigenvalue weighted by Gasteiger charge is -2.19. The van der Waals surface area contributed by atoms with E-state index in [0.717, 1.165) is 0 Å². The molecule has 1 amide bonds. The van der Waals surface area contributed by atoms with Crippen molar-refractivity contribution in [3.8, 4) is 11.5 Å². The monoisotopic (exact) mass is 397 g/mol.